The van der Waals surface area contributed by atoms with Gasteiger partial charge in [-0.05, 0) is 22.9 Å². The molecule has 6 heteroatoms. The third-order valence-electron chi connectivity index (χ3n) is 3.55. The lowest BCUT2D eigenvalue weighted by atomic mass is 10.1. The van der Waals surface area contributed by atoms with E-state index in [1.54, 1.807) is 4.90 Å². The van der Waals surface area contributed by atoms with E-state index in [1.807, 2.05) is 61.5 Å². The monoisotopic (exact) mass is 307 g/mol. The second-order valence-corrected chi connectivity index (χ2v) is 5.10. The first-order valence-electron chi connectivity index (χ1n) is 7.46. The van der Waals surface area contributed by atoms with Gasteiger partial charge in [-0.25, -0.2) is 0 Å². The van der Waals surface area contributed by atoms with Gasteiger partial charge in [0.15, 0.2) is 0 Å². The fourth-order valence-electron chi connectivity index (χ4n) is 2.38. The van der Waals surface area contributed by atoms with Crippen LogP contribution < -0.4 is 4.90 Å². The molecule has 116 valence electrons. The number of tetrazole rings is 1. The predicted octanol–water partition coefficient (Wildman–Crippen LogP) is 2.81. The first-order chi connectivity index (χ1) is 11.3. The predicted molar refractivity (Wildman–Crippen MR) is 87.5 cm³/mol. The number of nitrogens with one attached hydrogen (secondary N) is 1. The highest BCUT2D eigenvalue weighted by molar-refractivity contribution is 5.93. The Kier molecular flexibility index (Phi) is 4.42. The number of aromatic nitrogens is 4. The SMILES string of the molecule is CCC(=O)N(Cc1ccccc1)c1cccc(-c2nn[nH]n2)c1. The summed E-state index contributed by atoms with van der Waals surface area (Å²) in [6.07, 6.45) is 0.444. The molecule has 1 aromatic heterocycles. The number of hydrogen-bond donors (Lipinski definition) is 1. The summed E-state index contributed by atoms with van der Waals surface area (Å²) in [5, 5.41) is 14.0. The van der Waals surface area contributed by atoms with Crippen LogP contribution in [0.2, 0.25) is 0 Å². The van der Waals surface area contributed by atoms with E-state index >= 15 is 0 Å². The van der Waals surface area contributed by atoms with Crippen LogP contribution in [0.15, 0.2) is 54.6 Å². The average Bonchev–Trinajstić information content (AvgIpc) is 3.15. The number of rotatable bonds is 5. The zero-order valence-corrected chi connectivity index (χ0v) is 12.8. The summed E-state index contributed by atoms with van der Waals surface area (Å²) in [4.78, 5) is 14.2. The molecule has 0 atom stereocenters. The quantitative estimate of drug-likeness (QED) is 0.786. The molecule has 0 aliphatic rings. The number of H-pyrrole nitrogens is 1. The largest absolute Gasteiger partial charge is 0.308 e. The van der Waals surface area contributed by atoms with Crippen molar-refractivity contribution in [3.05, 3.63) is 60.2 Å². The highest BCUT2D eigenvalue weighted by atomic mass is 16.2. The summed E-state index contributed by atoms with van der Waals surface area (Å²) < 4.78 is 0. The number of benzene rings is 2. The zero-order valence-electron chi connectivity index (χ0n) is 12.8. The van der Waals surface area contributed by atoms with Crippen molar-refractivity contribution < 1.29 is 4.79 Å². The lowest BCUT2D eigenvalue weighted by molar-refractivity contribution is -0.118. The van der Waals surface area contributed by atoms with Gasteiger partial charge in [-0.3, -0.25) is 4.79 Å². The Bertz CT molecular complexity index is 771. The van der Waals surface area contributed by atoms with Gasteiger partial charge in [-0.1, -0.05) is 49.4 Å². The minimum atomic E-state index is 0.0686. The van der Waals surface area contributed by atoms with Gasteiger partial charge >= 0.3 is 0 Å². The Balaban J connectivity index is 1.94. The second kappa shape index (κ2) is 6.83. The van der Waals surface area contributed by atoms with Crippen molar-refractivity contribution in [1.29, 1.82) is 0 Å². The molecule has 1 heterocycles. The Morgan fingerprint density at radius 2 is 1.96 bits per heavy atom. The van der Waals surface area contributed by atoms with Crippen LogP contribution in [0.3, 0.4) is 0 Å². The van der Waals surface area contributed by atoms with Gasteiger partial charge in [-0.15, -0.1) is 10.2 Å². The molecule has 23 heavy (non-hydrogen) atoms. The third-order valence-corrected chi connectivity index (χ3v) is 3.55. The molecule has 0 fully saturated rings. The minimum Gasteiger partial charge on any atom is -0.308 e. The molecule has 6 nitrogen and oxygen atoms in total. The molecule has 0 aliphatic carbocycles. The van der Waals surface area contributed by atoms with Gasteiger partial charge in [0.1, 0.15) is 0 Å². The van der Waals surface area contributed by atoms with Crippen molar-refractivity contribution in [3.8, 4) is 11.4 Å². The number of nitrogens with zero attached hydrogens (tertiary/aromatic N) is 4. The fourth-order valence-corrected chi connectivity index (χ4v) is 2.38. The van der Waals surface area contributed by atoms with Crippen LogP contribution >= 0.6 is 0 Å². The molecule has 1 N–H and O–H groups in total. The molecule has 0 saturated carbocycles. The van der Waals surface area contributed by atoms with Crippen molar-refractivity contribution in [3.63, 3.8) is 0 Å². The van der Waals surface area contributed by atoms with Crippen LogP contribution in [-0.2, 0) is 11.3 Å². The molecule has 3 aromatic rings. The maximum Gasteiger partial charge on any atom is 0.227 e. The fraction of sp³-hybridized carbons (Fsp3) is 0.176. The van der Waals surface area contributed by atoms with Crippen molar-refractivity contribution in [2.45, 2.75) is 19.9 Å². The molecule has 0 radical (unpaired) electrons. The van der Waals surface area contributed by atoms with Gasteiger partial charge < -0.3 is 4.90 Å². The van der Waals surface area contributed by atoms with Gasteiger partial charge in [0.2, 0.25) is 11.7 Å². The maximum atomic E-state index is 12.4. The summed E-state index contributed by atoms with van der Waals surface area (Å²) in [6.45, 7) is 2.40. The number of amides is 1. The standard InChI is InChI=1S/C17H17N5O/c1-2-16(23)22(12-13-7-4-3-5-8-13)15-10-6-9-14(11-15)17-18-20-21-19-17/h3-11H,2,12H2,1H3,(H,18,19,20,21). The van der Waals surface area contributed by atoms with Crippen LogP contribution in [0.25, 0.3) is 11.4 Å². The number of hydrogen-bond acceptors (Lipinski definition) is 4. The first-order valence-corrected chi connectivity index (χ1v) is 7.46. The maximum absolute atomic E-state index is 12.4. The molecule has 0 bridgehead atoms. The summed E-state index contributed by atoms with van der Waals surface area (Å²) >= 11 is 0. The topological polar surface area (TPSA) is 74.8 Å². The number of anilines is 1. The molecular formula is C17H17N5O. The van der Waals surface area contributed by atoms with E-state index < -0.39 is 0 Å². The van der Waals surface area contributed by atoms with Crippen molar-refractivity contribution in [2.24, 2.45) is 0 Å². The summed E-state index contributed by atoms with van der Waals surface area (Å²) in [5.41, 5.74) is 2.72. The van der Waals surface area contributed by atoms with Gasteiger partial charge in [0, 0.05) is 17.7 Å². The molecule has 0 spiro atoms. The van der Waals surface area contributed by atoms with Crippen LogP contribution in [0.5, 0.6) is 0 Å². The molecular weight excluding hydrogens is 290 g/mol. The normalized spacial score (nSPS) is 10.5. The smallest absolute Gasteiger partial charge is 0.227 e. The molecule has 3 rings (SSSR count). The number of carbonyl (C=O) groups excluding carboxylic acids is 1. The van der Waals surface area contributed by atoms with E-state index in [4.69, 9.17) is 0 Å². The lowest BCUT2D eigenvalue weighted by Gasteiger charge is -2.23. The summed E-state index contributed by atoms with van der Waals surface area (Å²) in [5.74, 6) is 0.578. The second-order valence-electron chi connectivity index (χ2n) is 5.10. The van der Waals surface area contributed by atoms with E-state index in [1.165, 1.54) is 0 Å². The highest BCUT2D eigenvalue weighted by Crippen LogP contribution is 2.24. The zero-order chi connectivity index (χ0) is 16.1. The van der Waals surface area contributed by atoms with E-state index in [2.05, 4.69) is 20.6 Å². The van der Waals surface area contributed by atoms with Crippen LogP contribution in [0, 0.1) is 0 Å². The van der Waals surface area contributed by atoms with Gasteiger partial charge in [0.25, 0.3) is 0 Å². The Morgan fingerprint density at radius 3 is 2.65 bits per heavy atom. The Morgan fingerprint density at radius 1 is 1.13 bits per heavy atom. The lowest BCUT2D eigenvalue weighted by Crippen LogP contribution is -2.29. The van der Waals surface area contributed by atoms with Crippen LogP contribution in [0.1, 0.15) is 18.9 Å². The van der Waals surface area contributed by atoms with Crippen molar-refractivity contribution >= 4 is 11.6 Å². The van der Waals surface area contributed by atoms with E-state index in [-0.39, 0.29) is 5.91 Å². The highest BCUT2D eigenvalue weighted by Gasteiger charge is 2.15. The molecule has 0 unspecified atom stereocenters. The van der Waals surface area contributed by atoms with Crippen LogP contribution in [0.4, 0.5) is 5.69 Å². The van der Waals surface area contributed by atoms with E-state index in [9.17, 15) is 4.79 Å². The third kappa shape index (κ3) is 3.42. The van der Waals surface area contributed by atoms with Gasteiger partial charge in [-0.2, -0.15) is 5.21 Å². The Labute approximate surface area is 134 Å². The van der Waals surface area contributed by atoms with Crippen molar-refractivity contribution in [1.82, 2.24) is 20.6 Å². The molecule has 2 aromatic carbocycles. The van der Waals surface area contributed by atoms with Gasteiger partial charge in [0.05, 0.1) is 6.54 Å². The molecule has 0 saturated heterocycles. The minimum absolute atomic E-state index is 0.0686. The van der Waals surface area contributed by atoms with E-state index in [0.29, 0.717) is 18.8 Å². The van der Waals surface area contributed by atoms with E-state index in [0.717, 1.165) is 16.8 Å². The molecule has 0 aliphatic heterocycles. The number of carbonyl (C=O) groups is 1. The molecule has 1 amide bonds. The van der Waals surface area contributed by atoms with Crippen LogP contribution in [-0.4, -0.2) is 26.5 Å². The van der Waals surface area contributed by atoms with Crippen molar-refractivity contribution in [2.75, 3.05) is 4.90 Å². The Hall–Kier alpha value is -3.02. The number of aromatic amines is 1. The average molecular weight is 307 g/mol. The summed E-state index contributed by atoms with van der Waals surface area (Å²) in [6, 6.07) is 17.5. The summed E-state index contributed by atoms with van der Waals surface area (Å²) in [7, 11) is 0. The first kappa shape index (κ1) is 14.9.